The van der Waals surface area contributed by atoms with Crippen molar-refractivity contribution in [2.24, 2.45) is 0 Å². The van der Waals surface area contributed by atoms with Gasteiger partial charge >= 0.3 is 0 Å². The summed E-state index contributed by atoms with van der Waals surface area (Å²) < 4.78 is 28.5. The first kappa shape index (κ1) is 18.1. The third kappa shape index (κ3) is 3.87. The summed E-state index contributed by atoms with van der Waals surface area (Å²) >= 11 is 0. The van der Waals surface area contributed by atoms with Crippen molar-refractivity contribution in [1.29, 1.82) is 0 Å². The lowest BCUT2D eigenvalue weighted by Gasteiger charge is -2.09. The van der Waals surface area contributed by atoms with E-state index in [-0.39, 0.29) is 17.0 Å². The maximum absolute atomic E-state index is 12.3. The number of nitrogens with two attached hydrogens (primary N) is 1. The first-order valence-electron chi connectivity index (χ1n) is 8.54. The largest absolute Gasteiger partial charge is 0.397 e. The van der Waals surface area contributed by atoms with E-state index in [1.165, 1.54) is 17.1 Å². The Labute approximate surface area is 161 Å². The maximum Gasteiger partial charge on any atom is 0.259 e. The minimum atomic E-state index is -3.64. The van der Waals surface area contributed by atoms with Crippen LogP contribution in [0, 0.1) is 0 Å². The molecule has 0 aromatic carbocycles. The number of sulfonamides is 1. The lowest BCUT2D eigenvalue weighted by Crippen LogP contribution is -2.25. The summed E-state index contributed by atoms with van der Waals surface area (Å²) in [7, 11) is -1.88. The standard InChI is InChI=1S/C16H19N9O2S/c1-18-12-7-20-14(6-11(12)17)22-13-4-5-19-16(23-13)25-8-15(21-9-25)28(26,27)24-10-2-3-10/h4-10,18,24H,2-3H2,1H3,(H3,17,19,20,22,23). The summed E-state index contributed by atoms with van der Waals surface area (Å²) in [6.45, 7) is 0. The van der Waals surface area contributed by atoms with E-state index in [1.807, 2.05) is 0 Å². The number of anilines is 4. The lowest BCUT2D eigenvalue weighted by atomic mass is 10.3. The molecule has 146 valence electrons. The first-order valence-corrected chi connectivity index (χ1v) is 10.0. The van der Waals surface area contributed by atoms with Crippen molar-refractivity contribution < 1.29 is 8.42 Å². The smallest absolute Gasteiger partial charge is 0.259 e. The molecule has 0 bridgehead atoms. The Bertz CT molecular complexity index is 1110. The van der Waals surface area contributed by atoms with Crippen LogP contribution in [0.3, 0.4) is 0 Å². The Morgan fingerprint density at radius 3 is 2.75 bits per heavy atom. The molecule has 0 saturated heterocycles. The highest BCUT2D eigenvalue weighted by molar-refractivity contribution is 7.89. The van der Waals surface area contributed by atoms with Gasteiger partial charge in [0, 0.05) is 25.4 Å². The van der Waals surface area contributed by atoms with E-state index >= 15 is 0 Å². The lowest BCUT2D eigenvalue weighted by molar-refractivity contribution is 0.578. The van der Waals surface area contributed by atoms with E-state index in [0.29, 0.717) is 17.3 Å². The Morgan fingerprint density at radius 1 is 1.21 bits per heavy atom. The summed E-state index contributed by atoms with van der Waals surface area (Å²) in [6, 6.07) is 3.35. The van der Waals surface area contributed by atoms with Crippen LogP contribution >= 0.6 is 0 Å². The molecule has 28 heavy (non-hydrogen) atoms. The van der Waals surface area contributed by atoms with Gasteiger partial charge in [-0.15, -0.1) is 0 Å². The number of hydrogen-bond donors (Lipinski definition) is 4. The average Bonchev–Trinajstić information content (AvgIpc) is 3.31. The van der Waals surface area contributed by atoms with Gasteiger partial charge in [-0.2, -0.15) is 4.98 Å². The predicted molar refractivity (Wildman–Crippen MR) is 104 cm³/mol. The van der Waals surface area contributed by atoms with Gasteiger partial charge in [0.25, 0.3) is 10.0 Å². The molecule has 3 aromatic heterocycles. The number of nitrogen functional groups attached to an aromatic ring is 1. The number of aromatic nitrogens is 5. The van der Waals surface area contributed by atoms with Crippen LogP contribution in [-0.4, -0.2) is 46.0 Å². The quantitative estimate of drug-likeness (QED) is 0.451. The van der Waals surface area contributed by atoms with E-state index in [9.17, 15) is 8.42 Å². The SMILES string of the molecule is CNc1cnc(Nc2ccnc(-n3cnc(S(=O)(=O)NC4CC4)c3)n2)cc1N. The van der Waals surface area contributed by atoms with Crippen LogP contribution < -0.4 is 21.1 Å². The molecule has 11 nitrogen and oxygen atoms in total. The van der Waals surface area contributed by atoms with Crippen molar-refractivity contribution in [3.63, 3.8) is 0 Å². The van der Waals surface area contributed by atoms with Crippen molar-refractivity contribution >= 4 is 33.0 Å². The zero-order valence-corrected chi connectivity index (χ0v) is 15.8. The topological polar surface area (TPSA) is 153 Å². The zero-order chi connectivity index (χ0) is 19.7. The molecular formula is C16H19N9O2S. The molecule has 0 amide bonds. The van der Waals surface area contributed by atoms with Crippen molar-refractivity contribution in [3.05, 3.63) is 37.1 Å². The minimum Gasteiger partial charge on any atom is -0.397 e. The summed E-state index contributed by atoms with van der Waals surface area (Å²) in [5.41, 5.74) is 7.20. The van der Waals surface area contributed by atoms with E-state index in [4.69, 9.17) is 5.73 Å². The Kier molecular flexibility index (Phi) is 4.57. The van der Waals surface area contributed by atoms with Gasteiger partial charge in [0.1, 0.15) is 18.0 Å². The summed E-state index contributed by atoms with van der Waals surface area (Å²) in [5, 5.41) is 5.91. The minimum absolute atomic E-state index is 0.00756. The second-order valence-electron chi connectivity index (χ2n) is 6.29. The van der Waals surface area contributed by atoms with E-state index in [2.05, 4.69) is 35.3 Å². The fraction of sp³-hybridized carbons (Fsp3) is 0.250. The molecule has 0 aliphatic heterocycles. The molecule has 1 fully saturated rings. The molecular weight excluding hydrogens is 382 g/mol. The maximum atomic E-state index is 12.3. The van der Waals surface area contributed by atoms with Crippen LogP contribution in [0.4, 0.5) is 23.0 Å². The second-order valence-corrected chi connectivity index (χ2v) is 7.95. The van der Waals surface area contributed by atoms with Crippen molar-refractivity contribution in [1.82, 2.24) is 29.2 Å². The summed E-state index contributed by atoms with van der Waals surface area (Å²) in [6.07, 6.45) is 7.60. The van der Waals surface area contributed by atoms with Crippen LogP contribution in [-0.2, 0) is 10.0 Å². The van der Waals surface area contributed by atoms with Gasteiger partial charge in [0.2, 0.25) is 5.95 Å². The van der Waals surface area contributed by atoms with Gasteiger partial charge in [-0.3, -0.25) is 4.57 Å². The third-order valence-electron chi connectivity index (χ3n) is 4.07. The highest BCUT2D eigenvalue weighted by atomic mass is 32.2. The van der Waals surface area contributed by atoms with Gasteiger partial charge in [-0.1, -0.05) is 0 Å². The number of nitrogens with one attached hydrogen (secondary N) is 3. The second kappa shape index (κ2) is 7.05. The van der Waals surface area contributed by atoms with Gasteiger partial charge in [-0.05, 0) is 18.9 Å². The summed E-state index contributed by atoms with van der Waals surface area (Å²) in [4.78, 5) is 16.8. The predicted octanol–water partition coefficient (Wildman–Crippen LogP) is 0.865. The van der Waals surface area contributed by atoms with Crippen molar-refractivity contribution in [2.75, 3.05) is 23.4 Å². The Hall–Kier alpha value is -3.25. The third-order valence-corrected chi connectivity index (χ3v) is 5.47. The molecule has 0 unspecified atom stereocenters. The number of imidazole rings is 1. The van der Waals surface area contributed by atoms with Crippen LogP contribution in [0.15, 0.2) is 42.1 Å². The fourth-order valence-electron chi connectivity index (χ4n) is 2.46. The highest BCUT2D eigenvalue weighted by Gasteiger charge is 2.29. The summed E-state index contributed by atoms with van der Waals surface area (Å²) in [5.74, 6) is 1.26. The molecule has 1 saturated carbocycles. The van der Waals surface area contributed by atoms with Crippen molar-refractivity contribution in [2.45, 2.75) is 23.9 Å². The van der Waals surface area contributed by atoms with Gasteiger partial charge in [0.15, 0.2) is 5.03 Å². The van der Waals surface area contributed by atoms with E-state index in [0.717, 1.165) is 18.5 Å². The molecule has 3 aromatic rings. The normalized spacial score (nSPS) is 14.0. The van der Waals surface area contributed by atoms with Crippen molar-refractivity contribution in [3.8, 4) is 5.95 Å². The molecule has 0 atom stereocenters. The molecule has 5 N–H and O–H groups in total. The van der Waals surface area contributed by atoms with Crippen LogP contribution in [0.1, 0.15) is 12.8 Å². The first-order chi connectivity index (χ1) is 13.4. The number of nitrogens with zero attached hydrogens (tertiary/aromatic N) is 5. The van der Waals surface area contributed by atoms with E-state index < -0.39 is 10.0 Å². The zero-order valence-electron chi connectivity index (χ0n) is 15.0. The molecule has 0 radical (unpaired) electrons. The highest BCUT2D eigenvalue weighted by Crippen LogP contribution is 2.23. The van der Waals surface area contributed by atoms with E-state index in [1.54, 1.807) is 31.6 Å². The Morgan fingerprint density at radius 2 is 2.04 bits per heavy atom. The Balaban J connectivity index is 1.55. The molecule has 0 spiro atoms. The van der Waals surface area contributed by atoms with Crippen LogP contribution in [0.25, 0.3) is 5.95 Å². The monoisotopic (exact) mass is 401 g/mol. The molecule has 12 heteroatoms. The molecule has 1 aliphatic carbocycles. The van der Waals surface area contributed by atoms with Crippen LogP contribution in [0.2, 0.25) is 0 Å². The number of pyridine rings is 1. The van der Waals surface area contributed by atoms with Gasteiger partial charge in [0.05, 0.1) is 23.8 Å². The number of hydrogen-bond acceptors (Lipinski definition) is 9. The molecule has 1 aliphatic rings. The molecule has 3 heterocycles. The van der Waals surface area contributed by atoms with Crippen LogP contribution in [0.5, 0.6) is 0 Å². The van der Waals surface area contributed by atoms with Gasteiger partial charge in [-0.25, -0.2) is 28.1 Å². The molecule has 4 rings (SSSR count). The fourth-order valence-corrected chi connectivity index (χ4v) is 3.69. The number of rotatable bonds is 7. The average molecular weight is 401 g/mol. The van der Waals surface area contributed by atoms with Gasteiger partial charge < -0.3 is 16.4 Å².